The molecule has 4 rings (SSSR count). The summed E-state index contributed by atoms with van der Waals surface area (Å²) in [6, 6.07) is 27.8. The molecule has 2 N–H and O–H groups in total. The molecule has 0 aliphatic heterocycles. The van der Waals surface area contributed by atoms with Gasteiger partial charge in [-0.1, -0.05) is 52.3 Å². The zero-order valence-corrected chi connectivity index (χ0v) is 24.0. The summed E-state index contributed by atoms with van der Waals surface area (Å²) < 4.78 is 11.6. The zero-order chi connectivity index (χ0) is 29.2. The maximum atomic E-state index is 13.4. The number of amides is 2. The molecule has 0 radical (unpaired) electrons. The fourth-order valence-electron chi connectivity index (χ4n) is 3.83. The van der Waals surface area contributed by atoms with Gasteiger partial charge in [0.05, 0.1) is 14.2 Å². The number of carbonyl (C=O) groups excluding carboxylic acids is 3. The van der Waals surface area contributed by atoms with E-state index in [-0.39, 0.29) is 11.5 Å². The largest absolute Gasteiger partial charge is 0.497 e. The third kappa shape index (κ3) is 8.03. The molecule has 0 unspecified atom stereocenters. The van der Waals surface area contributed by atoms with Crippen LogP contribution in [0.5, 0.6) is 11.5 Å². The fraction of sp³-hybridized carbons (Fsp3) is 0.0606. The van der Waals surface area contributed by atoms with Crippen LogP contribution in [0.25, 0.3) is 12.2 Å². The van der Waals surface area contributed by atoms with Crippen molar-refractivity contribution >= 4 is 51.4 Å². The second kappa shape index (κ2) is 13.9. The van der Waals surface area contributed by atoms with Crippen molar-refractivity contribution in [2.45, 2.75) is 0 Å². The number of anilines is 1. The van der Waals surface area contributed by atoms with E-state index in [9.17, 15) is 14.4 Å². The van der Waals surface area contributed by atoms with Crippen LogP contribution in [0, 0.1) is 0 Å². The molecule has 4 aromatic carbocycles. The van der Waals surface area contributed by atoms with Gasteiger partial charge >= 0.3 is 0 Å². The van der Waals surface area contributed by atoms with Crippen LogP contribution >= 0.6 is 15.9 Å². The number of methoxy groups -OCH3 is 2. The lowest BCUT2D eigenvalue weighted by Gasteiger charge is -2.13. The summed E-state index contributed by atoms with van der Waals surface area (Å²) in [7, 11) is 3.05. The Morgan fingerprint density at radius 1 is 0.780 bits per heavy atom. The van der Waals surface area contributed by atoms with Gasteiger partial charge in [-0.3, -0.25) is 14.4 Å². The Morgan fingerprint density at radius 2 is 1.54 bits per heavy atom. The van der Waals surface area contributed by atoms with Gasteiger partial charge < -0.3 is 20.1 Å². The van der Waals surface area contributed by atoms with Crippen molar-refractivity contribution in [3.63, 3.8) is 0 Å². The molecule has 8 heteroatoms. The highest BCUT2D eigenvalue weighted by molar-refractivity contribution is 9.10. The molecule has 0 aliphatic carbocycles. The van der Waals surface area contributed by atoms with E-state index in [2.05, 4.69) is 26.6 Å². The predicted octanol–water partition coefficient (Wildman–Crippen LogP) is 6.77. The number of rotatable bonds is 10. The van der Waals surface area contributed by atoms with Gasteiger partial charge in [0.1, 0.15) is 17.2 Å². The van der Waals surface area contributed by atoms with Crippen molar-refractivity contribution in [2.24, 2.45) is 0 Å². The van der Waals surface area contributed by atoms with Crippen LogP contribution in [-0.4, -0.2) is 31.8 Å². The predicted molar refractivity (Wildman–Crippen MR) is 164 cm³/mol. The standard InChI is InChI=1S/C33H27BrN2O5/c1-40-28-17-14-25(31(21-28)41-2)20-29(36-32(38)24-8-4-3-5-9-24)33(39)35-27-15-12-23(13-16-27)30(37)18-11-22-7-6-10-26(34)19-22/h3-21H,1-2H3,(H,35,39)(H,36,38)/b18-11+,29-20-. The highest BCUT2D eigenvalue weighted by atomic mass is 79.9. The molecule has 4 aromatic rings. The topological polar surface area (TPSA) is 93.7 Å². The van der Waals surface area contributed by atoms with Crippen LogP contribution in [0.3, 0.4) is 0 Å². The first-order valence-electron chi connectivity index (χ1n) is 12.6. The van der Waals surface area contributed by atoms with E-state index in [0.717, 1.165) is 10.0 Å². The van der Waals surface area contributed by atoms with Crippen molar-refractivity contribution in [3.8, 4) is 11.5 Å². The molecule has 2 amide bonds. The molecule has 0 aliphatic rings. The number of hydrogen-bond acceptors (Lipinski definition) is 5. The summed E-state index contributed by atoms with van der Waals surface area (Å²) in [4.78, 5) is 38.9. The smallest absolute Gasteiger partial charge is 0.272 e. The molecular formula is C33H27BrN2O5. The Bertz CT molecular complexity index is 1610. The fourth-order valence-corrected chi connectivity index (χ4v) is 4.25. The van der Waals surface area contributed by atoms with Crippen LogP contribution in [-0.2, 0) is 4.79 Å². The van der Waals surface area contributed by atoms with Gasteiger partial charge in [0.2, 0.25) is 0 Å². The summed E-state index contributed by atoms with van der Waals surface area (Å²) >= 11 is 3.42. The average Bonchev–Trinajstić information content (AvgIpc) is 3.00. The number of nitrogens with one attached hydrogen (secondary N) is 2. The molecular weight excluding hydrogens is 584 g/mol. The summed E-state index contributed by atoms with van der Waals surface area (Å²) in [5, 5.41) is 5.49. The Balaban J connectivity index is 1.54. The molecule has 206 valence electrons. The van der Waals surface area contributed by atoms with E-state index in [0.29, 0.717) is 33.9 Å². The molecule has 41 heavy (non-hydrogen) atoms. The molecule has 7 nitrogen and oxygen atoms in total. The normalized spacial score (nSPS) is 11.1. The third-order valence-electron chi connectivity index (χ3n) is 5.97. The quantitative estimate of drug-likeness (QED) is 0.153. The Labute approximate surface area is 246 Å². The van der Waals surface area contributed by atoms with Gasteiger partial charge in [0, 0.05) is 32.9 Å². The first kappa shape index (κ1) is 29.0. The lowest BCUT2D eigenvalue weighted by Crippen LogP contribution is -2.30. The Kier molecular flexibility index (Phi) is 9.85. The van der Waals surface area contributed by atoms with Crippen molar-refractivity contribution in [3.05, 3.63) is 136 Å². The third-order valence-corrected chi connectivity index (χ3v) is 6.47. The number of carbonyl (C=O) groups is 3. The molecule has 0 fully saturated rings. The summed E-state index contributed by atoms with van der Waals surface area (Å²) in [5.41, 5.74) is 2.76. The van der Waals surface area contributed by atoms with Crippen molar-refractivity contribution in [1.82, 2.24) is 5.32 Å². The zero-order valence-electron chi connectivity index (χ0n) is 22.4. The Morgan fingerprint density at radius 3 is 2.22 bits per heavy atom. The minimum Gasteiger partial charge on any atom is -0.497 e. The van der Waals surface area contributed by atoms with Crippen LogP contribution in [0.4, 0.5) is 5.69 Å². The maximum Gasteiger partial charge on any atom is 0.272 e. The Hall–Kier alpha value is -4.95. The number of ketones is 1. The van der Waals surface area contributed by atoms with Crippen LogP contribution in [0.2, 0.25) is 0 Å². The van der Waals surface area contributed by atoms with E-state index in [1.54, 1.807) is 86.0 Å². The number of halogens is 1. The average molecular weight is 611 g/mol. The minimum absolute atomic E-state index is 0.000530. The highest BCUT2D eigenvalue weighted by Gasteiger charge is 2.17. The molecule has 0 atom stereocenters. The maximum absolute atomic E-state index is 13.4. The van der Waals surface area contributed by atoms with E-state index in [4.69, 9.17) is 9.47 Å². The summed E-state index contributed by atoms with van der Waals surface area (Å²) in [5.74, 6) is -0.134. The lowest BCUT2D eigenvalue weighted by atomic mass is 10.1. The summed E-state index contributed by atoms with van der Waals surface area (Å²) in [6.07, 6.45) is 4.76. The van der Waals surface area contributed by atoms with E-state index < -0.39 is 11.8 Å². The van der Waals surface area contributed by atoms with Crippen LogP contribution < -0.4 is 20.1 Å². The van der Waals surface area contributed by atoms with Gasteiger partial charge in [0.15, 0.2) is 5.78 Å². The first-order chi connectivity index (χ1) is 19.9. The van der Waals surface area contributed by atoms with Gasteiger partial charge in [-0.25, -0.2) is 0 Å². The highest BCUT2D eigenvalue weighted by Crippen LogP contribution is 2.26. The van der Waals surface area contributed by atoms with E-state index >= 15 is 0 Å². The second-order valence-electron chi connectivity index (χ2n) is 8.77. The van der Waals surface area contributed by atoms with Crippen LogP contribution in [0.1, 0.15) is 31.8 Å². The molecule has 0 spiro atoms. The minimum atomic E-state index is -0.555. The van der Waals surface area contributed by atoms with E-state index in [1.165, 1.54) is 19.3 Å². The number of ether oxygens (including phenoxy) is 2. The molecule has 0 heterocycles. The number of allylic oxidation sites excluding steroid dienone is 1. The van der Waals surface area contributed by atoms with Crippen molar-refractivity contribution < 1.29 is 23.9 Å². The van der Waals surface area contributed by atoms with Gasteiger partial charge in [-0.05, 0) is 78.4 Å². The molecule has 0 aromatic heterocycles. The lowest BCUT2D eigenvalue weighted by molar-refractivity contribution is -0.113. The monoisotopic (exact) mass is 610 g/mol. The molecule has 0 saturated carbocycles. The number of hydrogen-bond donors (Lipinski definition) is 2. The van der Waals surface area contributed by atoms with Gasteiger partial charge in [-0.2, -0.15) is 0 Å². The first-order valence-corrected chi connectivity index (χ1v) is 13.3. The SMILES string of the molecule is COc1ccc(/C=C(\NC(=O)c2ccccc2)C(=O)Nc2ccc(C(=O)/C=C/c3cccc(Br)c3)cc2)c(OC)c1. The van der Waals surface area contributed by atoms with E-state index in [1.807, 2.05) is 24.3 Å². The van der Waals surface area contributed by atoms with Crippen molar-refractivity contribution in [2.75, 3.05) is 19.5 Å². The van der Waals surface area contributed by atoms with Crippen molar-refractivity contribution in [1.29, 1.82) is 0 Å². The summed E-state index contributed by atoms with van der Waals surface area (Å²) in [6.45, 7) is 0. The van der Waals surface area contributed by atoms with Crippen LogP contribution in [0.15, 0.2) is 113 Å². The molecule has 0 bridgehead atoms. The molecule has 0 saturated heterocycles. The number of benzene rings is 4. The van der Waals surface area contributed by atoms with Gasteiger partial charge in [0.25, 0.3) is 11.8 Å². The van der Waals surface area contributed by atoms with Gasteiger partial charge in [-0.15, -0.1) is 0 Å². The second-order valence-corrected chi connectivity index (χ2v) is 9.69.